The Morgan fingerprint density at radius 3 is 2.35 bits per heavy atom. The highest BCUT2D eigenvalue weighted by molar-refractivity contribution is 5.99. The molecule has 0 heterocycles. The van der Waals surface area contributed by atoms with Gasteiger partial charge in [0.2, 0.25) is 5.91 Å². The molecule has 0 aliphatic heterocycles. The summed E-state index contributed by atoms with van der Waals surface area (Å²) in [5, 5.41) is 2.79. The first kappa shape index (κ1) is 14.8. The van der Waals surface area contributed by atoms with Crippen molar-refractivity contribution in [1.29, 1.82) is 0 Å². The van der Waals surface area contributed by atoms with Gasteiger partial charge in [0.25, 0.3) is 0 Å². The van der Waals surface area contributed by atoms with E-state index >= 15 is 0 Å². The minimum absolute atomic E-state index is 0.0168. The number of Topliss-reactive ketones (excluding diaryl/α,β-unsaturated/α-hetero) is 1. The van der Waals surface area contributed by atoms with E-state index in [0.29, 0.717) is 5.56 Å². The van der Waals surface area contributed by atoms with Crippen LogP contribution in [0.2, 0.25) is 0 Å². The Bertz CT molecular complexity index is 458. The van der Waals surface area contributed by atoms with Crippen molar-refractivity contribution in [3.63, 3.8) is 0 Å². The van der Waals surface area contributed by atoms with Crippen LogP contribution in [0.5, 0.6) is 0 Å². The zero-order chi connectivity index (χ0) is 14.4. The molecule has 1 aliphatic rings. The lowest BCUT2D eigenvalue weighted by Crippen LogP contribution is -2.35. The van der Waals surface area contributed by atoms with E-state index in [0.717, 1.165) is 32.1 Å². The van der Waals surface area contributed by atoms with E-state index in [9.17, 15) is 9.59 Å². The average molecular weight is 273 g/mol. The lowest BCUT2D eigenvalue weighted by atomic mass is 9.88. The van der Waals surface area contributed by atoms with Crippen LogP contribution in [0.4, 0.5) is 0 Å². The second kappa shape index (κ2) is 7.22. The molecule has 0 spiro atoms. The molecule has 1 aromatic rings. The summed E-state index contributed by atoms with van der Waals surface area (Å²) in [6.45, 7) is 2.20. The minimum atomic E-state index is -0.0168. The molecule has 3 heteroatoms. The number of hydrogen-bond acceptors (Lipinski definition) is 2. The number of hydrogen-bond donors (Lipinski definition) is 1. The maximum atomic E-state index is 12.0. The summed E-state index contributed by atoms with van der Waals surface area (Å²) < 4.78 is 0. The smallest absolute Gasteiger partial charge is 0.223 e. The first-order chi connectivity index (χ1) is 9.70. The largest absolute Gasteiger partial charge is 0.348 e. The predicted octanol–water partition coefficient (Wildman–Crippen LogP) is 3.13. The van der Waals surface area contributed by atoms with E-state index in [1.54, 1.807) is 0 Å². The summed E-state index contributed by atoms with van der Waals surface area (Å²) in [7, 11) is 0. The Hall–Kier alpha value is -1.64. The molecule has 0 aromatic heterocycles. The molecule has 1 N–H and O–H groups in total. The second-order valence-corrected chi connectivity index (χ2v) is 5.53. The highest BCUT2D eigenvalue weighted by atomic mass is 16.2. The van der Waals surface area contributed by atoms with Gasteiger partial charge in [-0.05, 0) is 24.8 Å². The van der Waals surface area contributed by atoms with Gasteiger partial charge >= 0.3 is 0 Å². The summed E-state index contributed by atoms with van der Waals surface area (Å²) >= 11 is 0. The maximum Gasteiger partial charge on any atom is 0.223 e. The SMILES string of the molecule is CCc1ccc(C(=O)CNC(=O)C2CCCCC2)cc1. The third kappa shape index (κ3) is 3.92. The number of rotatable bonds is 5. The lowest BCUT2D eigenvalue weighted by Gasteiger charge is -2.20. The number of carbonyl (C=O) groups is 2. The quantitative estimate of drug-likeness (QED) is 0.838. The van der Waals surface area contributed by atoms with Crippen LogP contribution >= 0.6 is 0 Å². The van der Waals surface area contributed by atoms with Gasteiger partial charge in [-0.3, -0.25) is 9.59 Å². The summed E-state index contributed by atoms with van der Waals surface area (Å²) in [6.07, 6.45) is 6.38. The molecule has 1 aliphatic carbocycles. The lowest BCUT2D eigenvalue weighted by molar-refractivity contribution is -0.125. The third-order valence-corrected chi connectivity index (χ3v) is 4.08. The number of amides is 1. The molecule has 0 atom stereocenters. The van der Waals surface area contributed by atoms with E-state index in [4.69, 9.17) is 0 Å². The Morgan fingerprint density at radius 2 is 1.75 bits per heavy atom. The van der Waals surface area contributed by atoms with E-state index in [-0.39, 0.29) is 24.2 Å². The number of ketones is 1. The van der Waals surface area contributed by atoms with Crippen molar-refractivity contribution in [2.45, 2.75) is 45.4 Å². The molecular weight excluding hydrogens is 250 g/mol. The zero-order valence-corrected chi connectivity index (χ0v) is 12.2. The van der Waals surface area contributed by atoms with Gasteiger partial charge in [0.1, 0.15) is 0 Å². The van der Waals surface area contributed by atoms with Gasteiger partial charge < -0.3 is 5.32 Å². The van der Waals surface area contributed by atoms with Gasteiger partial charge in [-0.15, -0.1) is 0 Å². The fourth-order valence-electron chi connectivity index (χ4n) is 2.70. The molecule has 0 unspecified atom stereocenters. The monoisotopic (exact) mass is 273 g/mol. The number of nitrogens with one attached hydrogen (secondary N) is 1. The van der Waals surface area contributed by atoms with Crippen LogP contribution in [-0.2, 0) is 11.2 Å². The average Bonchev–Trinajstić information content (AvgIpc) is 2.53. The number of aryl methyl sites for hydroxylation is 1. The zero-order valence-electron chi connectivity index (χ0n) is 12.2. The van der Waals surface area contributed by atoms with Crippen LogP contribution in [0.1, 0.15) is 54.9 Å². The van der Waals surface area contributed by atoms with Crippen LogP contribution in [0.25, 0.3) is 0 Å². The molecule has 3 nitrogen and oxygen atoms in total. The number of carbonyl (C=O) groups excluding carboxylic acids is 2. The van der Waals surface area contributed by atoms with Crippen LogP contribution < -0.4 is 5.32 Å². The molecule has 0 radical (unpaired) electrons. The molecule has 1 aromatic carbocycles. The predicted molar refractivity (Wildman–Crippen MR) is 79.7 cm³/mol. The van der Waals surface area contributed by atoms with Crippen LogP contribution in [0.15, 0.2) is 24.3 Å². The Kier molecular flexibility index (Phi) is 5.33. The van der Waals surface area contributed by atoms with Gasteiger partial charge in [-0.1, -0.05) is 50.5 Å². The van der Waals surface area contributed by atoms with Crippen molar-refractivity contribution >= 4 is 11.7 Å². The van der Waals surface area contributed by atoms with Crippen molar-refractivity contribution in [3.8, 4) is 0 Å². The van der Waals surface area contributed by atoms with E-state index in [1.165, 1.54) is 12.0 Å². The van der Waals surface area contributed by atoms with Crippen molar-refractivity contribution < 1.29 is 9.59 Å². The highest BCUT2D eigenvalue weighted by Gasteiger charge is 2.21. The minimum Gasteiger partial charge on any atom is -0.348 e. The summed E-state index contributed by atoms with van der Waals surface area (Å²) in [6, 6.07) is 7.62. The topological polar surface area (TPSA) is 46.2 Å². The molecular formula is C17H23NO2. The van der Waals surface area contributed by atoms with Crippen LogP contribution in [0.3, 0.4) is 0 Å². The summed E-state index contributed by atoms with van der Waals surface area (Å²) in [5.74, 6) is 0.138. The molecule has 20 heavy (non-hydrogen) atoms. The van der Waals surface area contributed by atoms with E-state index in [1.807, 2.05) is 24.3 Å². The Labute approximate surface area is 120 Å². The van der Waals surface area contributed by atoms with Gasteiger partial charge in [0, 0.05) is 11.5 Å². The molecule has 1 saturated carbocycles. The van der Waals surface area contributed by atoms with E-state index in [2.05, 4.69) is 12.2 Å². The molecule has 108 valence electrons. The van der Waals surface area contributed by atoms with Gasteiger partial charge in [0.15, 0.2) is 5.78 Å². The molecule has 1 amide bonds. The van der Waals surface area contributed by atoms with Gasteiger partial charge in [-0.2, -0.15) is 0 Å². The van der Waals surface area contributed by atoms with Gasteiger partial charge in [0.05, 0.1) is 6.54 Å². The molecule has 1 fully saturated rings. The standard InChI is InChI=1S/C17H23NO2/c1-2-13-8-10-14(11-9-13)16(19)12-18-17(20)15-6-4-3-5-7-15/h8-11,15H,2-7,12H2,1H3,(H,18,20). The first-order valence-electron chi connectivity index (χ1n) is 7.60. The van der Waals surface area contributed by atoms with Crippen molar-refractivity contribution in [3.05, 3.63) is 35.4 Å². The summed E-state index contributed by atoms with van der Waals surface area (Å²) in [5.41, 5.74) is 1.89. The van der Waals surface area contributed by atoms with Gasteiger partial charge in [-0.25, -0.2) is 0 Å². The maximum absolute atomic E-state index is 12.0. The van der Waals surface area contributed by atoms with Crippen molar-refractivity contribution in [1.82, 2.24) is 5.32 Å². The van der Waals surface area contributed by atoms with Crippen molar-refractivity contribution in [2.75, 3.05) is 6.54 Å². The Balaban J connectivity index is 1.83. The van der Waals surface area contributed by atoms with Crippen LogP contribution in [0, 0.1) is 5.92 Å². The fourth-order valence-corrected chi connectivity index (χ4v) is 2.70. The van der Waals surface area contributed by atoms with E-state index < -0.39 is 0 Å². The molecule has 0 bridgehead atoms. The third-order valence-electron chi connectivity index (χ3n) is 4.08. The normalized spacial score (nSPS) is 15.8. The molecule has 0 saturated heterocycles. The highest BCUT2D eigenvalue weighted by Crippen LogP contribution is 2.23. The van der Waals surface area contributed by atoms with Crippen LogP contribution in [-0.4, -0.2) is 18.2 Å². The summed E-state index contributed by atoms with van der Waals surface area (Å²) in [4.78, 5) is 24.0. The fraction of sp³-hybridized carbons (Fsp3) is 0.529. The van der Waals surface area contributed by atoms with Crippen molar-refractivity contribution in [2.24, 2.45) is 5.92 Å². The first-order valence-corrected chi connectivity index (χ1v) is 7.60. The second-order valence-electron chi connectivity index (χ2n) is 5.53. The molecule has 2 rings (SSSR count). The Morgan fingerprint density at radius 1 is 1.10 bits per heavy atom. The number of benzene rings is 1.